The number of benzene rings is 2. The Labute approximate surface area is 163 Å². The molecule has 1 aromatic heterocycles. The van der Waals surface area contributed by atoms with Crippen LogP contribution in [0.3, 0.4) is 0 Å². The molecule has 1 amide bonds. The van der Waals surface area contributed by atoms with Gasteiger partial charge >= 0.3 is 0 Å². The van der Waals surface area contributed by atoms with Crippen LogP contribution in [-0.2, 0) is 16.6 Å². The highest BCUT2D eigenvalue weighted by Gasteiger charge is 2.17. The van der Waals surface area contributed by atoms with Gasteiger partial charge in [0.05, 0.1) is 6.42 Å². The first kappa shape index (κ1) is 19.5. The molecule has 0 aliphatic rings. The molecule has 2 aromatic carbocycles. The van der Waals surface area contributed by atoms with Crippen LogP contribution in [0.2, 0.25) is 0 Å². The third-order valence-corrected chi connectivity index (χ3v) is 3.93. The zero-order valence-corrected chi connectivity index (χ0v) is 16.1. The van der Waals surface area contributed by atoms with Crippen molar-refractivity contribution in [1.29, 1.82) is 0 Å². The maximum Gasteiger partial charge on any atom is 0.229 e. The molecule has 0 bridgehead atoms. The molecule has 0 saturated carbocycles. The Balaban J connectivity index is 1.59. The van der Waals surface area contributed by atoms with Crippen LogP contribution >= 0.6 is 0 Å². The number of amides is 1. The molecule has 1 N–H and O–H groups in total. The predicted molar refractivity (Wildman–Crippen MR) is 106 cm³/mol. The number of nitrogens with zero attached hydrogens (tertiary/aromatic N) is 2. The van der Waals surface area contributed by atoms with E-state index in [1.54, 1.807) is 36.5 Å². The van der Waals surface area contributed by atoms with Crippen LogP contribution in [0.5, 0.6) is 11.5 Å². The van der Waals surface area contributed by atoms with Gasteiger partial charge in [-0.05, 0) is 48.0 Å². The van der Waals surface area contributed by atoms with Crippen molar-refractivity contribution in [3.8, 4) is 11.5 Å². The van der Waals surface area contributed by atoms with E-state index in [0.29, 0.717) is 23.1 Å². The van der Waals surface area contributed by atoms with Crippen LogP contribution in [-0.4, -0.2) is 15.9 Å². The quantitative estimate of drug-likeness (QED) is 0.686. The fraction of sp³-hybridized carbons (Fsp3) is 0.227. The Morgan fingerprint density at radius 3 is 2.21 bits per heavy atom. The summed E-state index contributed by atoms with van der Waals surface area (Å²) >= 11 is 0. The van der Waals surface area contributed by atoms with E-state index in [9.17, 15) is 9.18 Å². The molecule has 0 atom stereocenters. The van der Waals surface area contributed by atoms with Crippen molar-refractivity contribution in [1.82, 2.24) is 9.97 Å². The van der Waals surface area contributed by atoms with Gasteiger partial charge in [-0.3, -0.25) is 4.79 Å². The standard InChI is InChI=1S/C22H22FN3O2/c1-22(2,3)21-24-13-12-19(26-21)25-20(27)14-15-4-8-17(9-5-15)28-18-10-6-16(23)7-11-18/h4-13H,14H2,1-3H3,(H,24,25,26,27). The van der Waals surface area contributed by atoms with Gasteiger partial charge in [0.25, 0.3) is 0 Å². The molecule has 144 valence electrons. The lowest BCUT2D eigenvalue weighted by Crippen LogP contribution is -2.19. The number of carbonyl (C=O) groups is 1. The molecular weight excluding hydrogens is 357 g/mol. The monoisotopic (exact) mass is 379 g/mol. The lowest BCUT2D eigenvalue weighted by atomic mass is 9.96. The lowest BCUT2D eigenvalue weighted by Gasteiger charge is -2.16. The minimum Gasteiger partial charge on any atom is -0.457 e. The first-order chi connectivity index (χ1) is 13.3. The van der Waals surface area contributed by atoms with Crippen LogP contribution < -0.4 is 10.1 Å². The Bertz CT molecular complexity index is 949. The van der Waals surface area contributed by atoms with Crippen molar-refractivity contribution in [3.63, 3.8) is 0 Å². The van der Waals surface area contributed by atoms with Gasteiger partial charge in [-0.1, -0.05) is 32.9 Å². The molecule has 1 heterocycles. The number of anilines is 1. The van der Waals surface area contributed by atoms with Crippen LogP contribution in [0.4, 0.5) is 10.2 Å². The SMILES string of the molecule is CC(C)(C)c1nccc(NC(=O)Cc2ccc(Oc3ccc(F)cc3)cc2)n1. The number of halogens is 1. The van der Waals surface area contributed by atoms with Gasteiger partial charge in [0, 0.05) is 11.6 Å². The van der Waals surface area contributed by atoms with E-state index in [0.717, 1.165) is 5.56 Å². The number of carbonyl (C=O) groups excluding carboxylic acids is 1. The number of nitrogens with one attached hydrogen (secondary N) is 1. The number of ether oxygens (including phenoxy) is 1. The second kappa shape index (κ2) is 8.17. The molecule has 3 aromatic rings. The van der Waals surface area contributed by atoms with Gasteiger partial charge in [0.15, 0.2) is 0 Å². The minimum atomic E-state index is -0.313. The second-order valence-corrected chi connectivity index (χ2v) is 7.44. The summed E-state index contributed by atoms with van der Waals surface area (Å²) in [6, 6.07) is 14.7. The molecule has 0 radical (unpaired) electrons. The van der Waals surface area contributed by atoms with Crippen LogP contribution in [0, 0.1) is 5.82 Å². The van der Waals surface area contributed by atoms with E-state index in [1.165, 1.54) is 12.1 Å². The van der Waals surface area contributed by atoms with E-state index in [2.05, 4.69) is 15.3 Å². The third-order valence-electron chi connectivity index (χ3n) is 3.93. The van der Waals surface area contributed by atoms with E-state index in [1.807, 2.05) is 32.9 Å². The van der Waals surface area contributed by atoms with E-state index < -0.39 is 0 Å². The number of aromatic nitrogens is 2. The Morgan fingerprint density at radius 1 is 1.00 bits per heavy atom. The zero-order chi connectivity index (χ0) is 20.1. The van der Waals surface area contributed by atoms with Crippen molar-refractivity contribution < 1.29 is 13.9 Å². The highest BCUT2D eigenvalue weighted by molar-refractivity contribution is 5.91. The Kier molecular flexibility index (Phi) is 5.68. The molecule has 0 saturated heterocycles. The summed E-state index contributed by atoms with van der Waals surface area (Å²) < 4.78 is 18.6. The number of hydrogen-bond donors (Lipinski definition) is 1. The first-order valence-corrected chi connectivity index (χ1v) is 8.95. The van der Waals surface area contributed by atoms with Crippen molar-refractivity contribution in [2.24, 2.45) is 0 Å². The molecule has 0 spiro atoms. The Morgan fingerprint density at radius 2 is 1.61 bits per heavy atom. The molecule has 5 nitrogen and oxygen atoms in total. The highest BCUT2D eigenvalue weighted by atomic mass is 19.1. The summed E-state index contributed by atoms with van der Waals surface area (Å²) in [5, 5.41) is 2.81. The fourth-order valence-electron chi connectivity index (χ4n) is 2.48. The molecule has 6 heteroatoms. The number of hydrogen-bond acceptors (Lipinski definition) is 4. The first-order valence-electron chi connectivity index (χ1n) is 8.95. The smallest absolute Gasteiger partial charge is 0.229 e. The predicted octanol–water partition coefficient (Wildman–Crippen LogP) is 4.89. The summed E-state index contributed by atoms with van der Waals surface area (Å²) in [6.07, 6.45) is 1.86. The van der Waals surface area contributed by atoms with Crippen molar-refractivity contribution in [3.05, 3.63) is 78.0 Å². The zero-order valence-electron chi connectivity index (χ0n) is 16.1. The summed E-state index contributed by atoms with van der Waals surface area (Å²) in [5.41, 5.74) is 0.648. The van der Waals surface area contributed by atoms with E-state index in [-0.39, 0.29) is 23.6 Å². The lowest BCUT2D eigenvalue weighted by molar-refractivity contribution is -0.115. The van der Waals surface area contributed by atoms with Gasteiger partial charge in [0.2, 0.25) is 5.91 Å². The Hall–Kier alpha value is -3.28. The summed E-state index contributed by atoms with van der Waals surface area (Å²) in [6.45, 7) is 6.05. The molecule has 0 fully saturated rings. The van der Waals surface area contributed by atoms with Crippen LogP contribution in [0.25, 0.3) is 0 Å². The normalized spacial score (nSPS) is 11.1. The maximum absolute atomic E-state index is 12.9. The molecule has 0 aliphatic heterocycles. The minimum absolute atomic E-state index is 0.161. The van der Waals surface area contributed by atoms with Gasteiger partial charge in [-0.25, -0.2) is 14.4 Å². The largest absolute Gasteiger partial charge is 0.457 e. The fourth-order valence-corrected chi connectivity index (χ4v) is 2.48. The maximum atomic E-state index is 12.9. The molecule has 3 rings (SSSR count). The van der Waals surface area contributed by atoms with Crippen molar-refractivity contribution in [2.75, 3.05) is 5.32 Å². The summed E-state index contributed by atoms with van der Waals surface area (Å²) in [4.78, 5) is 21.0. The van der Waals surface area contributed by atoms with Crippen molar-refractivity contribution >= 4 is 11.7 Å². The summed E-state index contributed by atoms with van der Waals surface area (Å²) in [7, 11) is 0. The van der Waals surface area contributed by atoms with Gasteiger partial charge in [0.1, 0.15) is 29.0 Å². The second-order valence-electron chi connectivity index (χ2n) is 7.44. The summed E-state index contributed by atoms with van der Waals surface area (Å²) in [5.74, 6) is 1.85. The topological polar surface area (TPSA) is 64.1 Å². The highest BCUT2D eigenvalue weighted by Crippen LogP contribution is 2.22. The average Bonchev–Trinajstić information content (AvgIpc) is 2.65. The van der Waals surface area contributed by atoms with E-state index in [4.69, 9.17) is 4.74 Å². The number of rotatable bonds is 5. The van der Waals surface area contributed by atoms with Crippen LogP contribution in [0.1, 0.15) is 32.2 Å². The molecule has 0 aliphatic carbocycles. The van der Waals surface area contributed by atoms with E-state index >= 15 is 0 Å². The molecule has 28 heavy (non-hydrogen) atoms. The van der Waals surface area contributed by atoms with Crippen LogP contribution in [0.15, 0.2) is 60.8 Å². The average molecular weight is 379 g/mol. The van der Waals surface area contributed by atoms with Gasteiger partial charge < -0.3 is 10.1 Å². The van der Waals surface area contributed by atoms with Gasteiger partial charge in [-0.15, -0.1) is 0 Å². The van der Waals surface area contributed by atoms with Gasteiger partial charge in [-0.2, -0.15) is 0 Å². The third kappa shape index (κ3) is 5.36. The molecule has 0 unspecified atom stereocenters. The van der Waals surface area contributed by atoms with Crippen molar-refractivity contribution in [2.45, 2.75) is 32.6 Å². The molecular formula is C22H22FN3O2.